The van der Waals surface area contributed by atoms with Crippen LogP contribution in [-0.4, -0.2) is 22.8 Å². The van der Waals surface area contributed by atoms with Gasteiger partial charge in [-0.1, -0.05) is 13.8 Å². The van der Waals surface area contributed by atoms with Gasteiger partial charge in [-0.2, -0.15) is 5.10 Å². The number of nitrogens with one attached hydrogen (secondary N) is 1. The highest BCUT2D eigenvalue weighted by atomic mass is 19.1. The summed E-state index contributed by atoms with van der Waals surface area (Å²) in [6.07, 6.45) is 1.48. The van der Waals surface area contributed by atoms with Gasteiger partial charge in [0.1, 0.15) is 5.82 Å². The van der Waals surface area contributed by atoms with E-state index in [1.807, 2.05) is 13.8 Å². The van der Waals surface area contributed by atoms with Crippen molar-refractivity contribution in [3.8, 4) is 5.69 Å². The molecule has 0 aliphatic rings. The predicted octanol–water partition coefficient (Wildman–Crippen LogP) is 2.43. The van der Waals surface area contributed by atoms with E-state index in [1.54, 1.807) is 16.8 Å². The second kappa shape index (κ2) is 5.83. The number of hydrogen-bond donors (Lipinski definition) is 1. The van der Waals surface area contributed by atoms with Gasteiger partial charge in [-0.15, -0.1) is 0 Å². The van der Waals surface area contributed by atoms with E-state index in [-0.39, 0.29) is 17.6 Å². The molecule has 20 heavy (non-hydrogen) atoms. The van der Waals surface area contributed by atoms with Gasteiger partial charge in [0.25, 0.3) is 5.91 Å². The second-order valence-corrected chi connectivity index (χ2v) is 4.62. The molecule has 0 bridgehead atoms. The molecule has 2 rings (SSSR count). The molecule has 1 aromatic heterocycles. The third-order valence-corrected chi connectivity index (χ3v) is 2.86. The van der Waals surface area contributed by atoms with Crippen LogP contribution in [0.15, 0.2) is 30.5 Å². The van der Waals surface area contributed by atoms with E-state index in [2.05, 4.69) is 15.4 Å². The Labute approximate surface area is 116 Å². The first-order valence-electron chi connectivity index (χ1n) is 6.21. The monoisotopic (exact) mass is 277 g/mol. The SMILES string of the molecule is CONC(=O)c1cnn(-c2ccc(F)cc2)c1C(C)C. The van der Waals surface area contributed by atoms with E-state index in [0.717, 1.165) is 5.69 Å². The highest BCUT2D eigenvalue weighted by molar-refractivity contribution is 5.94. The Kier molecular flexibility index (Phi) is 4.14. The van der Waals surface area contributed by atoms with Crippen molar-refractivity contribution in [2.24, 2.45) is 0 Å². The van der Waals surface area contributed by atoms with Gasteiger partial charge in [0, 0.05) is 0 Å². The number of halogens is 1. The number of aromatic nitrogens is 2. The highest BCUT2D eigenvalue weighted by Gasteiger charge is 2.20. The Morgan fingerprint density at radius 2 is 2.00 bits per heavy atom. The number of hydrogen-bond acceptors (Lipinski definition) is 3. The summed E-state index contributed by atoms with van der Waals surface area (Å²) in [4.78, 5) is 16.6. The lowest BCUT2D eigenvalue weighted by molar-refractivity contribution is 0.0536. The molecule has 0 fully saturated rings. The van der Waals surface area contributed by atoms with Gasteiger partial charge in [0.05, 0.1) is 30.3 Å². The van der Waals surface area contributed by atoms with Crippen LogP contribution in [-0.2, 0) is 4.84 Å². The minimum atomic E-state index is -0.357. The van der Waals surface area contributed by atoms with Gasteiger partial charge in [-0.25, -0.2) is 14.6 Å². The molecule has 0 spiro atoms. The molecule has 5 nitrogen and oxygen atoms in total. The van der Waals surface area contributed by atoms with Crippen LogP contribution in [0.1, 0.15) is 35.8 Å². The van der Waals surface area contributed by atoms with Gasteiger partial charge in [-0.05, 0) is 30.2 Å². The van der Waals surface area contributed by atoms with Crippen LogP contribution in [0.3, 0.4) is 0 Å². The van der Waals surface area contributed by atoms with Crippen LogP contribution in [0.4, 0.5) is 4.39 Å². The fourth-order valence-electron chi connectivity index (χ4n) is 2.02. The molecule has 2 aromatic rings. The first kappa shape index (κ1) is 14.2. The van der Waals surface area contributed by atoms with Gasteiger partial charge in [-0.3, -0.25) is 9.63 Å². The van der Waals surface area contributed by atoms with Gasteiger partial charge < -0.3 is 0 Å². The van der Waals surface area contributed by atoms with Crippen molar-refractivity contribution in [1.82, 2.24) is 15.3 Å². The average Bonchev–Trinajstić information content (AvgIpc) is 2.84. The molecule has 1 N–H and O–H groups in total. The highest BCUT2D eigenvalue weighted by Crippen LogP contribution is 2.23. The maximum Gasteiger partial charge on any atom is 0.278 e. The first-order valence-corrected chi connectivity index (χ1v) is 6.21. The molecule has 0 saturated heterocycles. The van der Waals surface area contributed by atoms with E-state index < -0.39 is 0 Å². The summed E-state index contributed by atoms with van der Waals surface area (Å²) in [7, 11) is 1.37. The minimum Gasteiger partial charge on any atom is -0.277 e. The first-order chi connectivity index (χ1) is 9.54. The van der Waals surface area contributed by atoms with E-state index in [1.165, 1.54) is 25.4 Å². The van der Waals surface area contributed by atoms with Crippen molar-refractivity contribution < 1.29 is 14.0 Å². The largest absolute Gasteiger partial charge is 0.278 e. The molecule has 0 aliphatic heterocycles. The molecule has 0 saturated carbocycles. The molecular weight excluding hydrogens is 261 g/mol. The molecule has 0 radical (unpaired) electrons. The van der Waals surface area contributed by atoms with Crippen molar-refractivity contribution in [1.29, 1.82) is 0 Å². The standard InChI is InChI=1S/C14H16FN3O2/c1-9(2)13-12(14(19)17-20-3)8-16-18(13)11-6-4-10(15)5-7-11/h4-9H,1-3H3,(H,17,19). The Morgan fingerprint density at radius 1 is 1.35 bits per heavy atom. The van der Waals surface area contributed by atoms with Crippen LogP contribution in [0.25, 0.3) is 5.69 Å². The van der Waals surface area contributed by atoms with E-state index in [4.69, 9.17) is 0 Å². The lowest BCUT2D eigenvalue weighted by atomic mass is 10.1. The molecule has 0 unspecified atom stereocenters. The molecule has 1 aromatic carbocycles. The number of benzene rings is 1. The van der Waals surface area contributed by atoms with Crippen molar-refractivity contribution in [3.05, 3.63) is 47.5 Å². The Balaban J connectivity index is 2.49. The third-order valence-electron chi connectivity index (χ3n) is 2.86. The maximum absolute atomic E-state index is 13.0. The summed E-state index contributed by atoms with van der Waals surface area (Å²) < 4.78 is 14.6. The summed E-state index contributed by atoms with van der Waals surface area (Å²) >= 11 is 0. The zero-order valence-corrected chi connectivity index (χ0v) is 11.6. The number of amides is 1. The molecule has 0 atom stereocenters. The van der Waals surface area contributed by atoms with Crippen LogP contribution >= 0.6 is 0 Å². The summed E-state index contributed by atoms with van der Waals surface area (Å²) in [6, 6.07) is 5.95. The number of hydroxylamine groups is 1. The zero-order valence-electron chi connectivity index (χ0n) is 11.6. The summed E-state index contributed by atoms with van der Waals surface area (Å²) in [6.45, 7) is 3.92. The second-order valence-electron chi connectivity index (χ2n) is 4.62. The van der Waals surface area contributed by atoms with Gasteiger partial charge in [0.15, 0.2) is 0 Å². The smallest absolute Gasteiger partial charge is 0.277 e. The quantitative estimate of drug-likeness (QED) is 0.873. The van der Waals surface area contributed by atoms with Crippen LogP contribution < -0.4 is 5.48 Å². The van der Waals surface area contributed by atoms with Crippen LogP contribution in [0.5, 0.6) is 0 Å². The summed E-state index contributed by atoms with van der Waals surface area (Å²) in [5.74, 6) is -0.603. The molecule has 6 heteroatoms. The van der Waals surface area contributed by atoms with Crippen LogP contribution in [0.2, 0.25) is 0 Å². The zero-order chi connectivity index (χ0) is 14.7. The van der Waals surface area contributed by atoms with E-state index >= 15 is 0 Å². The van der Waals surface area contributed by atoms with Crippen LogP contribution in [0, 0.1) is 5.82 Å². The van der Waals surface area contributed by atoms with Gasteiger partial charge >= 0.3 is 0 Å². The molecule has 106 valence electrons. The Bertz CT molecular complexity index is 605. The Morgan fingerprint density at radius 3 is 2.55 bits per heavy atom. The number of nitrogens with zero attached hydrogens (tertiary/aromatic N) is 2. The molecule has 1 amide bonds. The lowest BCUT2D eigenvalue weighted by Gasteiger charge is -2.12. The van der Waals surface area contributed by atoms with E-state index in [9.17, 15) is 9.18 Å². The van der Waals surface area contributed by atoms with Gasteiger partial charge in [0.2, 0.25) is 0 Å². The lowest BCUT2D eigenvalue weighted by Crippen LogP contribution is -2.23. The van der Waals surface area contributed by atoms with E-state index in [0.29, 0.717) is 11.3 Å². The maximum atomic E-state index is 13.0. The summed E-state index contributed by atoms with van der Waals surface area (Å²) in [5.41, 5.74) is 4.16. The fourth-order valence-corrected chi connectivity index (χ4v) is 2.02. The van der Waals surface area contributed by atoms with Crippen molar-refractivity contribution in [3.63, 3.8) is 0 Å². The molecule has 0 aliphatic carbocycles. The van der Waals surface area contributed by atoms with Crippen molar-refractivity contribution >= 4 is 5.91 Å². The van der Waals surface area contributed by atoms with Crippen molar-refractivity contribution in [2.75, 3.05) is 7.11 Å². The third kappa shape index (κ3) is 2.70. The summed E-state index contributed by atoms with van der Waals surface area (Å²) in [5, 5.41) is 4.22. The Hall–Kier alpha value is -2.21. The molecule has 1 heterocycles. The predicted molar refractivity (Wildman–Crippen MR) is 72.1 cm³/mol. The topological polar surface area (TPSA) is 56.1 Å². The normalized spacial score (nSPS) is 10.8. The average molecular weight is 277 g/mol. The number of rotatable bonds is 4. The minimum absolute atomic E-state index is 0.0696. The number of carbonyl (C=O) groups is 1. The number of carbonyl (C=O) groups excluding carboxylic acids is 1. The fraction of sp³-hybridized carbons (Fsp3) is 0.286. The van der Waals surface area contributed by atoms with Crippen molar-refractivity contribution in [2.45, 2.75) is 19.8 Å². The molecular formula is C14H16FN3O2.